The Morgan fingerprint density at radius 3 is 2.75 bits per heavy atom. The molecule has 7 nitrogen and oxygen atoms in total. The molecule has 2 N–H and O–H groups in total. The highest BCUT2D eigenvalue weighted by atomic mass is 32.2. The minimum absolute atomic E-state index is 0.532. The molecule has 0 amide bonds. The molecule has 20 heavy (non-hydrogen) atoms. The van der Waals surface area contributed by atoms with Gasteiger partial charge in [0, 0.05) is 11.9 Å². The van der Waals surface area contributed by atoms with Gasteiger partial charge in [0.15, 0.2) is 0 Å². The van der Waals surface area contributed by atoms with Crippen molar-refractivity contribution in [3.05, 3.63) is 42.6 Å². The standard InChI is InChI=1S/C12H13N7S/c13-11-6-7-18(15-11)8-9-20-12-14-16-17-19(12)10-4-2-1-3-5-10/h1-7H,8-9H2,(H2,13,15). The van der Waals surface area contributed by atoms with Gasteiger partial charge in [-0.2, -0.15) is 9.78 Å². The van der Waals surface area contributed by atoms with E-state index in [9.17, 15) is 0 Å². The Hall–Kier alpha value is -2.35. The van der Waals surface area contributed by atoms with Crippen LogP contribution in [0.15, 0.2) is 47.8 Å². The molecule has 8 heteroatoms. The van der Waals surface area contributed by atoms with E-state index in [2.05, 4.69) is 20.6 Å². The molecule has 0 radical (unpaired) electrons. The lowest BCUT2D eigenvalue weighted by molar-refractivity contribution is 0.668. The second kappa shape index (κ2) is 5.74. The fourth-order valence-corrected chi connectivity index (χ4v) is 2.55. The first-order chi connectivity index (χ1) is 9.83. The van der Waals surface area contributed by atoms with Crippen molar-refractivity contribution in [2.75, 3.05) is 11.5 Å². The summed E-state index contributed by atoms with van der Waals surface area (Å²) in [6.45, 7) is 0.753. The van der Waals surface area contributed by atoms with Crippen molar-refractivity contribution in [3.8, 4) is 5.69 Å². The molecule has 3 rings (SSSR count). The number of nitrogen functional groups attached to an aromatic ring is 1. The van der Waals surface area contributed by atoms with E-state index in [1.54, 1.807) is 27.2 Å². The lowest BCUT2D eigenvalue weighted by atomic mass is 10.3. The summed E-state index contributed by atoms with van der Waals surface area (Å²) in [7, 11) is 0. The van der Waals surface area contributed by atoms with E-state index in [1.807, 2.05) is 36.5 Å². The molecule has 102 valence electrons. The van der Waals surface area contributed by atoms with Gasteiger partial charge in [-0.3, -0.25) is 4.68 Å². The lowest BCUT2D eigenvalue weighted by Gasteiger charge is -2.04. The van der Waals surface area contributed by atoms with E-state index in [4.69, 9.17) is 5.73 Å². The highest BCUT2D eigenvalue weighted by Crippen LogP contribution is 2.18. The average Bonchev–Trinajstić information content (AvgIpc) is 3.09. The van der Waals surface area contributed by atoms with E-state index in [-0.39, 0.29) is 0 Å². The van der Waals surface area contributed by atoms with Gasteiger partial charge in [0.2, 0.25) is 5.16 Å². The van der Waals surface area contributed by atoms with Crippen LogP contribution in [0.3, 0.4) is 0 Å². The van der Waals surface area contributed by atoms with Gasteiger partial charge in [0.25, 0.3) is 0 Å². The molecule has 3 aromatic rings. The van der Waals surface area contributed by atoms with Gasteiger partial charge in [0.05, 0.1) is 12.2 Å². The second-order valence-electron chi connectivity index (χ2n) is 4.06. The summed E-state index contributed by atoms with van der Waals surface area (Å²) in [5.41, 5.74) is 6.52. The number of nitrogens with two attached hydrogens (primary N) is 1. The summed E-state index contributed by atoms with van der Waals surface area (Å²) in [5.74, 6) is 1.35. The zero-order valence-corrected chi connectivity index (χ0v) is 11.4. The Kier molecular flexibility index (Phi) is 3.64. The molecule has 0 spiro atoms. The predicted octanol–water partition coefficient (Wildman–Crippen LogP) is 1.23. The number of benzene rings is 1. The van der Waals surface area contributed by atoms with Crippen LogP contribution in [0, 0.1) is 0 Å². The Bertz CT molecular complexity index is 676. The molecule has 0 saturated heterocycles. The maximum absolute atomic E-state index is 5.57. The number of anilines is 1. The van der Waals surface area contributed by atoms with Gasteiger partial charge in [-0.05, 0) is 28.6 Å². The van der Waals surface area contributed by atoms with Crippen LogP contribution >= 0.6 is 11.8 Å². The third-order valence-corrected chi connectivity index (χ3v) is 3.55. The van der Waals surface area contributed by atoms with E-state index in [0.29, 0.717) is 5.82 Å². The zero-order chi connectivity index (χ0) is 13.8. The number of thioether (sulfide) groups is 1. The van der Waals surface area contributed by atoms with Crippen LogP contribution in [0.25, 0.3) is 5.69 Å². The number of hydrogen-bond donors (Lipinski definition) is 1. The van der Waals surface area contributed by atoms with Gasteiger partial charge in [-0.25, -0.2) is 0 Å². The lowest BCUT2D eigenvalue weighted by Crippen LogP contribution is -2.04. The molecule has 0 unspecified atom stereocenters. The van der Waals surface area contributed by atoms with Gasteiger partial charge >= 0.3 is 0 Å². The molecule has 0 atom stereocenters. The van der Waals surface area contributed by atoms with Crippen molar-refractivity contribution in [2.45, 2.75) is 11.7 Å². The quantitative estimate of drug-likeness (QED) is 0.710. The molecular formula is C12H13N7S. The number of nitrogens with zero attached hydrogens (tertiary/aromatic N) is 6. The van der Waals surface area contributed by atoms with Crippen molar-refractivity contribution in [1.82, 2.24) is 30.0 Å². The van der Waals surface area contributed by atoms with E-state index >= 15 is 0 Å². The first kappa shape index (κ1) is 12.7. The summed E-state index contributed by atoms with van der Waals surface area (Å²) >= 11 is 1.58. The molecule has 2 heterocycles. The third-order valence-electron chi connectivity index (χ3n) is 2.65. The summed E-state index contributed by atoms with van der Waals surface area (Å²) in [6, 6.07) is 11.6. The zero-order valence-electron chi connectivity index (χ0n) is 10.6. The molecule has 0 fully saturated rings. The molecule has 0 saturated carbocycles. The Labute approximate surface area is 119 Å². The maximum atomic E-state index is 5.57. The van der Waals surface area contributed by atoms with Crippen molar-refractivity contribution in [2.24, 2.45) is 0 Å². The van der Waals surface area contributed by atoms with Crippen LogP contribution in [-0.2, 0) is 6.54 Å². The SMILES string of the molecule is Nc1ccn(CCSc2nnnn2-c2ccccc2)n1. The number of para-hydroxylation sites is 1. The number of aromatic nitrogens is 6. The van der Waals surface area contributed by atoms with Crippen molar-refractivity contribution < 1.29 is 0 Å². The minimum atomic E-state index is 0.532. The molecule has 0 aliphatic rings. The van der Waals surface area contributed by atoms with E-state index in [0.717, 1.165) is 23.1 Å². The Balaban J connectivity index is 1.65. The fourth-order valence-electron chi connectivity index (χ4n) is 1.73. The molecule has 0 aliphatic carbocycles. The molecular weight excluding hydrogens is 274 g/mol. The van der Waals surface area contributed by atoms with Gasteiger partial charge in [0.1, 0.15) is 5.82 Å². The third kappa shape index (κ3) is 2.80. The molecule has 1 aromatic carbocycles. The van der Waals surface area contributed by atoms with Crippen molar-refractivity contribution in [3.63, 3.8) is 0 Å². The largest absolute Gasteiger partial charge is 0.382 e. The first-order valence-corrected chi connectivity index (χ1v) is 7.07. The van der Waals surface area contributed by atoms with Crippen LogP contribution in [0.5, 0.6) is 0 Å². The normalized spacial score (nSPS) is 10.8. The van der Waals surface area contributed by atoms with Gasteiger partial charge < -0.3 is 5.73 Å². The maximum Gasteiger partial charge on any atom is 0.214 e. The van der Waals surface area contributed by atoms with Crippen molar-refractivity contribution >= 4 is 17.6 Å². The molecule has 2 aromatic heterocycles. The van der Waals surface area contributed by atoms with Crippen LogP contribution in [-0.4, -0.2) is 35.7 Å². The predicted molar refractivity (Wildman–Crippen MR) is 76.5 cm³/mol. The van der Waals surface area contributed by atoms with Crippen molar-refractivity contribution in [1.29, 1.82) is 0 Å². The van der Waals surface area contributed by atoms with Crippen LogP contribution < -0.4 is 5.73 Å². The van der Waals surface area contributed by atoms with Gasteiger partial charge in [-0.15, -0.1) is 5.10 Å². The smallest absolute Gasteiger partial charge is 0.214 e. The highest BCUT2D eigenvalue weighted by Gasteiger charge is 2.08. The molecule has 0 aliphatic heterocycles. The Morgan fingerprint density at radius 1 is 1.15 bits per heavy atom. The monoisotopic (exact) mass is 287 g/mol. The number of rotatable bonds is 5. The van der Waals surface area contributed by atoms with E-state index in [1.165, 1.54) is 0 Å². The average molecular weight is 287 g/mol. The molecule has 0 bridgehead atoms. The summed E-state index contributed by atoms with van der Waals surface area (Å²) in [5, 5.41) is 16.7. The van der Waals surface area contributed by atoms with E-state index < -0.39 is 0 Å². The van der Waals surface area contributed by atoms with Crippen LogP contribution in [0.1, 0.15) is 0 Å². The summed E-state index contributed by atoms with van der Waals surface area (Å²) < 4.78 is 3.53. The second-order valence-corrected chi connectivity index (χ2v) is 5.12. The highest BCUT2D eigenvalue weighted by molar-refractivity contribution is 7.99. The first-order valence-electron chi connectivity index (χ1n) is 6.08. The minimum Gasteiger partial charge on any atom is -0.382 e. The summed E-state index contributed by atoms with van der Waals surface area (Å²) in [6.07, 6.45) is 1.86. The fraction of sp³-hybridized carbons (Fsp3) is 0.167. The van der Waals surface area contributed by atoms with Crippen LogP contribution in [0.4, 0.5) is 5.82 Å². The number of hydrogen-bond acceptors (Lipinski definition) is 6. The van der Waals surface area contributed by atoms with Crippen LogP contribution in [0.2, 0.25) is 0 Å². The number of aryl methyl sites for hydroxylation is 1. The number of tetrazole rings is 1. The van der Waals surface area contributed by atoms with Gasteiger partial charge in [-0.1, -0.05) is 30.0 Å². The topological polar surface area (TPSA) is 87.4 Å². The summed E-state index contributed by atoms with van der Waals surface area (Å²) in [4.78, 5) is 0. The Morgan fingerprint density at radius 2 is 2.00 bits per heavy atom.